The molecule has 2 N–H and O–H groups in total. The van der Waals surface area contributed by atoms with Crippen LogP contribution in [0.1, 0.15) is 72.6 Å². The molecular formula is C30H33N3O2S. The number of amides is 2. The fourth-order valence-electron chi connectivity index (χ4n) is 6.79. The van der Waals surface area contributed by atoms with Gasteiger partial charge in [-0.25, -0.2) is 0 Å². The lowest BCUT2D eigenvalue weighted by Gasteiger charge is -2.47. The molecule has 1 saturated heterocycles. The van der Waals surface area contributed by atoms with Crippen molar-refractivity contribution in [2.24, 2.45) is 11.3 Å². The zero-order valence-electron chi connectivity index (χ0n) is 20.7. The van der Waals surface area contributed by atoms with Crippen LogP contribution in [0.25, 0.3) is 0 Å². The molecule has 2 fully saturated rings. The van der Waals surface area contributed by atoms with Gasteiger partial charge >= 0.3 is 0 Å². The van der Waals surface area contributed by atoms with Gasteiger partial charge in [-0.2, -0.15) is 11.3 Å². The largest absolute Gasteiger partial charge is 0.377 e. The normalized spacial score (nSPS) is 29.1. The first kappa shape index (κ1) is 23.3. The minimum Gasteiger partial charge on any atom is -0.377 e. The van der Waals surface area contributed by atoms with Crippen LogP contribution in [0.2, 0.25) is 0 Å². The number of hydrogen-bond acceptors (Lipinski definition) is 4. The van der Waals surface area contributed by atoms with E-state index in [0.717, 1.165) is 44.3 Å². The second-order valence-corrected chi connectivity index (χ2v) is 11.5. The summed E-state index contributed by atoms with van der Waals surface area (Å²) in [7, 11) is 0. The minimum absolute atomic E-state index is 0.0137. The third-order valence-corrected chi connectivity index (χ3v) is 9.34. The molecule has 1 aromatic heterocycles. The Morgan fingerprint density at radius 3 is 2.61 bits per heavy atom. The van der Waals surface area contributed by atoms with Crippen molar-refractivity contribution in [2.75, 3.05) is 11.9 Å². The third-order valence-electron chi connectivity index (χ3n) is 8.64. The molecule has 3 heterocycles. The molecular weight excluding hydrogens is 466 g/mol. The summed E-state index contributed by atoms with van der Waals surface area (Å²) in [5, 5.41) is 11.4. The third kappa shape index (κ3) is 3.92. The Labute approximate surface area is 216 Å². The monoisotopic (exact) mass is 499 g/mol. The number of nitrogens with one attached hydrogen (secondary N) is 2. The highest BCUT2D eigenvalue weighted by Gasteiger charge is 2.55. The molecule has 1 aliphatic carbocycles. The number of thiophene rings is 1. The number of nitrogens with zero attached hydrogens (tertiary/aromatic N) is 1. The molecule has 0 unspecified atom stereocenters. The Hall–Kier alpha value is -3.12. The number of benzene rings is 2. The number of carbonyl (C=O) groups excluding carboxylic acids is 2. The van der Waals surface area contributed by atoms with Gasteiger partial charge in [0.1, 0.15) is 0 Å². The Bertz CT molecular complexity index is 1240. The van der Waals surface area contributed by atoms with Crippen molar-refractivity contribution in [2.45, 2.75) is 57.2 Å². The summed E-state index contributed by atoms with van der Waals surface area (Å²) >= 11 is 1.72. The molecule has 3 aromatic rings. The van der Waals surface area contributed by atoms with Crippen molar-refractivity contribution in [3.05, 3.63) is 88.1 Å². The predicted octanol–water partition coefficient (Wildman–Crippen LogP) is 6.18. The van der Waals surface area contributed by atoms with Crippen molar-refractivity contribution in [3.63, 3.8) is 0 Å². The van der Waals surface area contributed by atoms with Crippen molar-refractivity contribution in [3.8, 4) is 0 Å². The number of rotatable bonds is 4. The average molecular weight is 500 g/mol. The molecule has 5 atom stereocenters. The first-order chi connectivity index (χ1) is 17.6. The summed E-state index contributed by atoms with van der Waals surface area (Å²) in [6, 6.07) is 20.0. The molecule has 36 heavy (non-hydrogen) atoms. The van der Waals surface area contributed by atoms with E-state index in [2.05, 4.69) is 63.5 Å². The van der Waals surface area contributed by atoms with E-state index >= 15 is 0 Å². The Balaban J connectivity index is 1.31. The van der Waals surface area contributed by atoms with Crippen LogP contribution < -0.4 is 10.6 Å². The summed E-state index contributed by atoms with van der Waals surface area (Å²) in [6.45, 7) is 3.08. The van der Waals surface area contributed by atoms with Crippen LogP contribution in [0.4, 0.5) is 5.69 Å². The molecule has 0 radical (unpaired) electrons. The highest BCUT2D eigenvalue weighted by molar-refractivity contribution is 7.08. The molecule has 186 valence electrons. The van der Waals surface area contributed by atoms with Gasteiger partial charge in [0.25, 0.3) is 5.91 Å². The zero-order chi connectivity index (χ0) is 24.7. The van der Waals surface area contributed by atoms with Gasteiger partial charge in [-0.1, -0.05) is 56.2 Å². The van der Waals surface area contributed by atoms with Gasteiger partial charge in [0.05, 0.1) is 18.0 Å². The van der Waals surface area contributed by atoms with Crippen LogP contribution in [-0.2, 0) is 4.79 Å². The number of para-hydroxylation sites is 1. The summed E-state index contributed by atoms with van der Waals surface area (Å²) in [6.07, 6.45) is 4.68. The lowest BCUT2D eigenvalue weighted by molar-refractivity contribution is -0.139. The number of carbonyl (C=O) groups is 2. The maximum Gasteiger partial charge on any atom is 0.251 e. The van der Waals surface area contributed by atoms with Crippen LogP contribution in [0.5, 0.6) is 0 Å². The zero-order valence-corrected chi connectivity index (χ0v) is 21.5. The highest BCUT2D eigenvalue weighted by Crippen LogP contribution is 2.60. The van der Waals surface area contributed by atoms with E-state index in [1.165, 1.54) is 11.1 Å². The Morgan fingerprint density at radius 2 is 1.81 bits per heavy atom. The van der Waals surface area contributed by atoms with Crippen molar-refractivity contribution >= 4 is 28.8 Å². The second-order valence-electron chi connectivity index (χ2n) is 10.7. The average Bonchev–Trinajstić information content (AvgIpc) is 3.57. The number of fused-ring (bicyclic) bond motifs is 3. The van der Waals surface area contributed by atoms with Crippen LogP contribution in [-0.4, -0.2) is 29.3 Å². The van der Waals surface area contributed by atoms with Gasteiger partial charge in [0, 0.05) is 29.3 Å². The quantitative estimate of drug-likeness (QED) is 0.450. The maximum atomic E-state index is 14.3. The molecule has 2 aliphatic heterocycles. The van der Waals surface area contributed by atoms with Crippen LogP contribution in [0.15, 0.2) is 71.4 Å². The van der Waals surface area contributed by atoms with Crippen molar-refractivity contribution in [1.29, 1.82) is 0 Å². The standard InChI is InChI=1S/C30H33N3O2S/c1-30-16-17-33(27(30)22-11-5-7-13-24(22)31-26(30)21-15-18-36-19-21)29(35)23-12-6-8-14-25(23)32-28(34)20-9-3-2-4-10-20/h2-5,7,9-11,13,15,18-19,23,25-27,31H,6,8,12,14,16-17H2,1H3,(H,32,34)/t23-,25+,26+,27+,30+/m0/s1. The van der Waals surface area contributed by atoms with E-state index in [0.29, 0.717) is 5.56 Å². The summed E-state index contributed by atoms with van der Waals surface area (Å²) in [4.78, 5) is 29.4. The molecule has 2 amide bonds. The summed E-state index contributed by atoms with van der Waals surface area (Å²) in [5.74, 6) is -0.0748. The molecule has 5 nitrogen and oxygen atoms in total. The highest BCUT2D eigenvalue weighted by atomic mass is 32.1. The second kappa shape index (κ2) is 9.40. The smallest absolute Gasteiger partial charge is 0.251 e. The van der Waals surface area contributed by atoms with Gasteiger partial charge in [-0.05, 0) is 65.4 Å². The molecule has 6 heteroatoms. The molecule has 6 rings (SSSR count). The van der Waals surface area contributed by atoms with Crippen LogP contribution >= 0.6 is 11.3 Å². The molecule has 1 saturated carbocycles. The predicted molar refractivity (Wildman–Crippen MR) is 144 cm³/mol. The number of hydrogen-bond donors (Lipinski definition) is 2. The van der Waals surface area contributed by atoms with Crippen molar-refractivity contribution in [1.82, 2.24) is 10.2 Å². The van der Waals surface area contributed by atoms with E-state index in [-0.39, 0.29) is 41.3 Å². The van der Waals surface area contributed by atoms with E-state index in [1.807, 2.05) is 30.3 Å². The Morgan fingerprint density at radius 1 is 1.03 bits per heavy atom. The van der Waals surface area contributed by atoms with E-state index in [4.69, 9.17) is 0 Å². The Kier molecular flexibility index (Phi) is 6.08. The maximum absolute atomic E-state index is 14.3. The van der Waals surface area contributed by atoms with Gasteiger partial charge < -0.3 is 15.5 Å². The summed E-state index contributed by atoms with van der Waals surface area (Å²) < 4.78 is 0. The van der Waals surface area contributed by atoms with Gasteiger partial charge in [-0.15, -0.1) is 0 Å². The molecule has 3 aliphatic rings. The lowest BCUT2D eigenvalue weighted by atomic mass is 9.68. The first-order valence-corrected chi connectivity index (χ1v) is 14.0. The topological polar surface area (TPSA) is 61.4 Å². The van der Waals surface area contributed by atoms with Gasteiger partial charge in [0.2, 0.25) is 5.91 Å². The molecule has 2 aromatic carbocycles. The van der Waals surface area contributed by atoms with E-state index in [1.54, 1.807) is 11.3 Å². The van der Waals surface area contributed by atoms with Crippen LogP contribution in [0.3, 0.4) is 0 Å². The fraction of sp³-hybridized carbons (Fsp3) is 0.400. The van der Waals surface area contributed by atoms with E-state index < -0.39 is 0 Å². The lowest BCUT2D eigenvalue weighted by Crippen LogP contribution is -2.51. The molecule has 0 bridgehead atoms. The van der Waals surface area contributed by atoms with Gasteiger partial charge in [0.15, 0.2) is 0 Å². The SMILES string of the molecule is C[C@]12CCN(C(=O)[C@H]3CCCC[C@H]3NC(=O)c3ccccc3)[C@@H]1c1ccccc1N[C@@H]2c1ccsc1. The number of anilines is 1. The van der Waals surface area contributed by atoms with E-state index in [9.17, 15) is 9.59 Å². The fourth-order valence-corrected chi connectivity index (χ4v) is 7.48. The molecule has 0 spiro atoms. The minimum atomic E-state index is -0.185. The summed E-state index contributed by atoms with van der Waals surface area (Å²) in [5.41, 5.74) is 4.16. The van der Waals surface area contributed by atoms with Crippen molar-refractivity contribution < 1.29 is 9.59 Å². The first-order valence-electron chi connectivity index (χ1n) is 13.1. The van der Waals surface area contributed by atoms with Gasteiger partial charge in [-0.3, -0.25) is 9.59 Å². The van der Waals surface area contributed by atoms with Crippen LogP contribution in [0, 0.1) is 11.3 Å². The number of likely N-dealkylation sites (tertiary alicyclic amines) is 1.